The van der Waals surface area contributed by atoms with Crippen LogP contribution in [0.2, 0.25) is 0 Å². The average molecular weight is 300 g/mol. The van der Waals surface area contributed by atoms with E-state index < -0.39 is 0 Å². The van der Waals surface area contributed by atoms with Crippen LogP contribution in [0.25, 0.3) is 0 Å². The van der Waals surface area contributed by atoms with Crippen molar-refractivity contribution in [1.82, 2.24) is 5.32 Å². The van der Waals surface area contributed by atoms with Gasteiger partial charge in [0.25, 0.3) is 5.91 Å². The van der Waals surface area contributed by atoms with Crippen molar-refractivity contribution in [2.75, 3.05) is 6.54 Å². The molecule has 0 saturated carbocycles. The molecule has 1 atom stereocenters. The fourth-order valence-corrected chi connectivity index (χ4v) is 1.96. The molecule has 0 spiro atoms. The van der Waals surface area contributed by atoms with Gasteiger partial charge in [-0.2, -0.15) is 0 Å². The van der Waals surface area contributed by atoms with Gasteiger partial charge >= 0.3 is 0 Å². The third kappa shape index (κ3) is 4.48. The minimum Gasteiger partial charge on any atom is -0.393 e. The SMILES string of the molecule is Cc1cccc(C(=O)NCCCC(C)O)c1Br. The van der Waals surface area contributed by atoms with Crippen molar-refractivity contribution >= 4 is 21.8 Å². The molecule has 0 heterocycles. The number of halogens is 1. The molecule has 0 saturated heterocycles. The van der Waals surface area contributed by atoms with Crippen LogP contribution in [0.3, 0.4) is 0 Å². The normalized spacial score (nSPS) is 12.2. The molecule has 0 aliphatic rings. The van der Waals surface area contributed by atoms with Gasteiger partial charge in [-0.05, 0) is 54.2 Å². The van der Waals surface area contributed by atoms with E-state index in [1.54, 1.807) is 13.0 Å². The zero-order chi connectivity index (χ0) is 12.8. The van der Waals surface area contributed by atoms with E-state index in [-0.39, 0.29) is 12.0 Å². The van der Waals surface area contributed by atoms with E-state index in [0.717, 1.165) is 16.5 Å². The smallest absolute Gasteiger partial charge is 0.252 e. The van der Waals surface area contributed by atoms with E-state index in [4.69, 9.17) is 5.11 Å². The maximum absolute atomic E-state index is 11.9. The molecular formula is C13H18BrNO2. The fraction of sp³-hybridized carbons (Fsp3) is 0.462. The van der Waals surface area contributed by atoms with Crippen molar-refractivity contribution in [3.8, 4) is 0 Å². The molecule has 0 aliphatic carbocycles. The molecule has 1 amide bonds. The Bertz CT molecular complexity index is 391. The highest BCUT2D eigenvalue weighted by atomic mass is 79.9. The van der Waals surface area contributed by atoms with Crippen molar-refractivity contribution in [3.05, 3.63) is 33.8 Å². The summed E-state index contributed by atoms with van der Waals surface area (Å²) in [5.74, 6) is -0.0776. The molecule has 17 heavy (non-hydrogen) atoms. The Morgan fingerprint density at radius 1 is 1.53 bits per heavy atom. The van der Waals surface area contributed by atoms with Gasteiger partial charge in [-0.25, -0.2) is 0 Å². The van der Waals surface area contributed by atoms with Gasteiger partial charge in [0.15, 0.2) is 0 Å². The van der Waals surface area contributed by atoms with Crippen LogP contribution in [-0.4, -0.2) is 23.7 Å². The van der Waals surface area contributed by atoms with Crippen LogP contribution < -0.4 is 5.32 Å². The molecule has 0 fully saturated rings. The fourth-order valence-electron chi connectivity index (χ4n) is 1.52. The molecule has 4 heteroatoms. The maximum atomic E-state index is 11.9. The highest BCUT2D eigenvalue weighted by Gasteiger charge is 2.10. The monoisotopic (exact) mass is 299 g/mol. The number of nitrogens with one attached hydrogen (secondary N) is 1. The average Bonchev–Trinajstić information content (AvgIpc) is 2.27. The molecule has 1 aromatic carbocycles. The standard InChI is InChI=1S/C13H18BrNO2/c1-9-5-3-7-11(12(9)14)13(17)15-8-4-6-10(2)16/h3,5,7,10,16H,4,6,8H2,1-2H3,(H,15,17). The summed E-state index contributed by atoms with van der Waals surface area (Å²) in [5.41, 5.74) is 1.70. The largest absolute Gasteiger partial charge is 0.393 e. The molecule has 0 aromatic heterocycles. The minimum absolute atomic E-state index is 0.0776. The number of benzene rings is 1. The topological polar surface area (TPSA) is 49.3 Å². The van der Waals surface area contributed by atoms with E-state index >= 15 is 0 Å². The van der Waals surface area contributed by atoms with Crippen LogP contribution >= 0.6 is 15.9 Å². The lowest BCUT2D eigenvalue weighted by Crippen LogP contribution is -2.25. The lowest BCUT2D eigenvalue weighted by Gasteiger charge is -2.09. The highest BCUT2D eigenvalue weighted by molar-refractivity contribution is 9.10. The van der Waals surface area contributed by atoms with Crippen LogP contribution in [0, 0.1) is 6.92 Å². The van der Waals surface area contributed by atoms with Crippen LogP contribution in [0.5, 0.6) is 0 Å². The Hall–Kier alpha value is -0.870. The molecule has 0 bridgehead atoms. The minimum atomic E-state index is -0.308. The van der Waals surface area contributed by atoms with Crippen molar-refractivity contribution in [2.45, 2.75) is 32.8 Å². The summed E-state index contributed by atoms with van der Waals surface area (Å²) < 4.78 is 0.841. The van der Waals surface area contributed by atoms with E-state index in [1.807, 2.05) is 19.1 Å². The number of aliphatic hydroxyl groups is 1. The summed E-state index contributed by atoms with van der Waals surface area (Å²) in [4.78, 5) is 11.9. The van der Waals surface area contributed by atoms with Crippen molar-refractivity contribution in [1.29, 1.82) is 0 Å². The molecule has 1 aromatic rings. The molecular weight excluding hydrogens is 282 g/mol. The van der Waals surface area contributed by atoms with Crippen molar-refractivity contribution in [2.24, 2.45) is 0 Å². The number of aryl methyl sites for hydroxylation is 1. The predicted octanol–water partition coefficient (Wildman–Crippen LogP) is 2.65. The number of hydrogen-bond donors (Lipinski definition) is 2. The number of carbonyl (C=O) groups excluding carboxylic acids is 1. The van der Waals surface area contributed by atoms with Gasteiger partial charge in [0.1, 0.15) is 0 Å². The molecule has 1 rings (SSSR count). The summed E-state index contributed by atoms with van der Waals surface area (Å²) in [6.07, 6.45) is 1.18. The van der Waals surface area contributed by atoms with Gasteiger partial charge in [-0.15, -0.1) is 0 Å². The number of amides is 1. The maximum Gasteiger partial charge on any atom is 0.252 e. The Morgan fingerprint density at radius 2 is 2.24 bits per heavy atom. The lowest BCUT2D eigenvalue weighted by atomic mass is 10.1. The Morgan fingerprint density at radius 3 is 2.88 bits per heavy atom. The highest BCUT2D eigenvalue weighted by Crippen LogP contribution is 2.20. The first-order valence-corrected chi connectivity index (χ1v) is 6.53. The summed E-state index contributed by atoms with van der Waals surface area (Å²) in [6, 6.07) is 5.61. The Labute approximate surface area is 110 Å². The first-order chi connectivity index (χ1) is 8.02. The van der Waals surface area contributed by atoms with Gasteiger partial charge in [-0.3, -0.25) is 4.79 Å². The summed E-state index contributed by atoms with van der Waals surface area (Å²) in [6.45, 7) is 4.29. The summed E-state index contributed by atoms with van der Waals surface area (Å²) >= 11 is 3.41. The van der Waals surface area contributed by atoms with Gasteiger partial charge in [0.2, 0.25) is 0 Å². The summed E-state index contributed by atoms with van der Waals surface area (Å²) in [5, 5.41) is 11.9. The Kier molecular flexibility index (Phi) is 5.65. The molecule has 1 unspecified atom stereocenters. The molecule has 2 N–H and O–H groups in total. The van der Waals surface area contributed by atoms with Gasteiger partial charge in [0.05, 0.1) is 11.7 Å². The quantitative estimate of drug-likeness (QED) is 0.821. The van der Waals surface area contributed by atoms with Crippen LogP contribution in [0.4, 0.5) is 0 Å². The summed E-state index contributed by atoms with van der Waals surface area (Å²) in [7, 11) is 0. The zero-order valence-electron chi connectivity index (χ0n) is 10.2. The van der Waals surface area contributed by atoms with Crippen molar-refractivity contribution < 1.29 is 9.90 Å². The van der Waals surface area contributed by atoms with Gasteiger partial charge in [-0.1, -0.05) is 12.1 Å². The molecule has 0 aliphatic heterocycles. The van der Waals surface area contributed by atoms with Crippen LogP contribution in [0.1, 0.15) is 35.7 Å². The Balaban J connectivity index is 2.50. The molecule has 94 valence electrons. The van der Waals surface area contributed by atoms with Crippen molar-refractivity contribution in [3.63, 3.8) is 0 Å². The molecule has 0 radical (unpaired) electrons. The first-order valence-electron chi connectivity index (χ1n) is 5.73. The first kappa shape index (κ1) is 14.2. The van der Waals surface area contributed by atoms with Gasteiger partial charge < -0.3 is 10.4 Å². The van der Waals surface area contributed by atoms with E-state index in [0.29, 0.717) is 18.5 Å². The molecule has 3 nitrogen and oxygen atoms in total. The second-order valence-corrected chi connectivity index (χ2v) is 4.98. The lowest BCUT2D eigenvalue weighted by molar-refractivity contribution is 0.0949. The van der Waals surface area contributed by atoms with E-state index in [2.05, 4.69) is 21.2 Å². The van der Waals surface area contributed by atoms with E-state index in [1.165, 1.54) is 0 Å². The third-order valence-corrected chi connectivity index (χ3v) is 3.57. The third-order valence-electron chi connectivity index (χ3n) is 2.52. The van der Waals surface area contributed by atoms with E-state index in [9.17, 15) is 4.79 Å². The number of aliphatic hydroxyl groups excluding tert-OH is 1. The van der Waals surface area contributed by atoms with Crippen LogP contribution in [0.15, 0.2) is 22.7 Å². The second-order valence-electron chi connectivity index (χ2n) is 4.18. The number of rotatable bonds is 5. The predicted molar refractivity (Wildman–Crippen MR) is 72.1 cm³/mol. The van der Waals surface area contributed by atoms with Crippen LogP contribution in [-0.2, 0) is 0 Å². The zero-order valence-corrected chi connectivity index (χ0v) is 11.8. The second kappa shape index (κ2) is 6.77. The number of carbonyl (C=O) groups is 1. The number of hydrogen-bond acceptors (Lipinski definition) is 2. The van der Waals surface area contributed by atoms with Gasteiger partial charge in [0, 0.05) is 11.0 Å².